The van der Waals surface area contributed by atoms with E-state index in [1.54, 1.807) is 13.8 Å². The number of hydrogen-bond acceptors (Lipinski definition) is 6. The van der Waals surface area contributed by atoms with Crippen molar-refractivity contribution in [3.63, 3.8) is 0 Å². The summed E-state index contributed by atoms with van der Waals surface area (Å²) in [5.41, 5.74) is 0. The first-order valence-electron chi connectivity index (χ1n) is 8.73. The zero-order chi connectivity index (χ0) is 20.5. The van der Waals surface area contributed by atoms with Gasteiger partial charge in [0, 0.05) is 32.4 Å². The van der Waals surface area contributed by atoms with Gasteiger partial charge in [-0.2, -0.15) is 8.61 Å². The van der Waals surface area contributed by atoms with E-state index in [-0.39, 0.29) is 22.9 Å². The lowest BCUT2D eigenvalue weighted by atomic mass is 10.2. The van der Waals surface area contributed by atoms with Gasteiger partial charge >= 0.3 is 0 Å². The molecule has 8 nitrogen and oxygen atoms in total. The molecule has 1 saturated heterocycles. The number of nitrogens with zero attached hydrogens (tertiary/aromatic N) is 2. The van der Waals surface area contributed by atoms with E-state index in [0.717, 1.165) is 10.6 Å². The second-order valence-electron chi connectivity index (χ2n) is 6.52. The van der Waals surface area contributed by atoms with E-state index in [2.05, 4.69) is 0 Å². The van der Waals surface area contributed by atoms with Crippen LogP contribution in [0.5, 0.6) is 0 Å². The smallest absolute Gasteiger partial charge is 0.229 e. The highest BCUT2D eigenvalue weighted by Gasteiger charge is 2.34. The van der Waals surface area contributed by atoms with Gasteiger partial charge < -0.3 is 0 Å². The lowest BCUT2D eigenvalue weighted by Gasteiger charge is -2.31. The summed E-state index contributed by atoms with van der Waals surface area (Å²) in [6, 6.07) is 5.07. The molecular weight excluding hydrogens is 412 g/mol. The van der Waals surface area contributed by atoms with Crippen LogP contribution in [0.4, 0.5) is 0 Å². The van der Waals surface area contributed by atoms with Crippen LogP contribution in [0.15, 0.2) is 34.1 Å². The Morgan fingerprint density at radius 2 is 1.48 bits per heavy atom. The summed E-state index contributed by atoms with van der Waals surface area (Å²) in [5.74, 6) is 0. The highest BCUT2D eigenvalue weighted by atomic mass is 32.2. The van der Waals surface area contributed by atoms with Crippen LogP contribution < -0.4 is 0 Å². The maximum Gasteiger partial charge on any atom is 0.243 e. The van der Waals surface area contributed by atoms with Crippen molar-refractivity contribution in [2.45, 2.75) is 41.7 Å². The molecule has 2 rings (SSSR count). The lowest BCUT2D eigenvalue weighted by molar-refractivity contribution is 0.346. The molecule has 1 aliphatic heterocycles. The van der Waals surface area contributed by atoms with Gasteiger partial charge in [0.25, 0.3) is 0 Å². The molecule has 1 aromatic carbocycles. The van der Waals surface area contributed by atoms with Crippen molar-refractivity contribution in [3.05, 3.63) is 24.3 Å². The van der Waals surface area contributed by atoms with Gasteiger partial charge in [-0.05, 0) is 37.1 Å². The van der Waals surface area contributed by atoms with Crippen LogP contribution in [0.1, 0.15) is 26.7 Å². The summed E-state index contributed by atoms with van der Waals surface area (Å²) in [6.07, 6.45) is 2.01. The molecular formula is C16H26N2O6S3. The maximum atomic E-state index is 12.8. The molecule has 0 aliphatic carbocycles. The van der Waals surface area contributed by atoms with E-state index in [9.17, 15) is 25.3 Å². The topological polar surface area (TPSA) is 109 Å². The predicted molar refractivity (Wildman–Crippen MR) is 103 cm³/mol. The standard InChI is InChI=1S/C16H26N2O6S3/c1-4-17(5-2)26(21,22)14-8-10-15(11-9-14)27(23,24)18-12-6-7-16(13-18)25(3,19)20/h8-11,16H,4-7,12-13H2,1-3H3. The van der Waals surface area contributed by atoms with E-state index < -0.39 is 35.1 Å². The number of benzene rings is 1. The summed E-state index contributed by atoms with van der Waals surface area (Å²) in [5, 5.41) is -0.719. The van der Waals surface area contributed by atoms with Crippen LogP contribution in [0.25, 0.3) is 0 Å². The minimum Gasteiger partial charge on any atom is -0.229 e. The van der Waals surface area contributed by atoms with Crippen LogP contribution in [0, 0.1) is 0 Å². The number of rotatable bonds is 7. The zero-order valence-corrected chi connectivity index (χ0v) is 18.1. The molecule has 0 radical (unpaired) electrons. The van der Waals surface area contributed by atoms with Crippen molar-refractivity contribution in [1.29, 1.82) is 0 Å². The zero-order valence-electron chi connectivity index (χ0n) is 15.7. The molecule has 0 saturated carbocycles. The number of hydrogen-bond donors (Lipinski definition) is 0. The van der Waals surface area contributed by atoms with Crippen LogP contribution in [-0.4, -0.2) is 71.5 Å². The molecule has 11 heteroatoms. The summed E-state index contributed by atoms with van der Waals surface area (Å²) in [7, 11) is -10.9. The predicted octanol–water partition coefficient (Wildman–Crippen LogP) is 0.915. The van der Waals surface area contributed by atoms with Gasteiger partial charge in [-0.25, -0.2) is 25.3 Å². The third kappa shape index (κ3) is 4.70. The Hall–Kier alpha value is -1.01. The number of piperidine rings is 1. The quantitative estimate of drug-likeness (QED) is 0.626. The highest BCUT2D eigenvalue weighted by Crippen LogP contribution is 2.25. The lowest BCUT2D eigenvalue weighted by Crippen LogP contribution is -2.44. The van der Waals surface area contributed by atoms with Crippen molar-refractivity contribution >= 4 is 29.9 Å². The Bertz CT molecular complexity index is 965. The summed E-state index contributed by atoms with van der Waals surface area (Å²) in [4.78, 5) is -0.0204. The van der Waals surface area contributed by atoms with Crippen LogP contribution in [0.3, 0.4) is 0 Å². The Balaban J connectivity index is 2.30. The first-order valence-corrected chi connectivity index (χ1v) is 13.6. The van der Waals surface area contributed by atoms with Gasteiger partial charge in [0.2, 0.25) is 20.0 Å². The molecule has 0 spiro atoms. The monoisotopic (exact) mass is 438 g/mol. The highest BCUT2D eigenvalue weighted by molar-refractivity contribution is 7.91. The summed E-state index contributed by atoms with van der Waals surface area (Å²) in [6.45, 7) is 4.26. The molecule has 1 aliphatic rings. The SMILES string of the molecule is CCN(CC)S(=O)(=O)c1ccc(S(=O)(=O)N2CCCC(S(C)(=O)=O)C2)cc1. The fraction of sp³-hybridized carbons (Fsp3) is 0.625. The molecule has 0 bridgehead atoms. The van der Waals surface area contributed by atoms with Gasteiger partial charge in [-0.3, -0.25) is 0 Å². The van der Waals surface area contributed by atoms with Gasteiger partial charge in [-0.15, -0.1) is 0 Å². The minimum atomic E-state index is -3.89. The molecule has 1 fully saturated rings. The first-order chi connectivity index (χ1) is 12.4. The largest absolute Gasteiger partial charge is 0.243 e. The number of sulfone groups is 1. The van der Waals surface area contributed by atoms with E-state index in [1.807, 2.05) is 0 Å². The van der Waals surface area contributed by atoms with Gasteiger partial charge in [-0.1, -0.05) is 13.8 Å². The Morgan fingerprint density at radius 1 is 0.963 bits per heavy atom. The van der Waals surface area contributed by atoms with Crippen molar-refractivity contribution < 1.29 is 25.3 Å². The van der Waals surface area contributed by atoms with E-state index >= 15 is 0 Å². The third-order valence-corrected chi connectivity index (χ3v) is 10.3. The maximum absolute atomic E-state index is 12.8. The van der Waals surface area contributed by atoms with Crippen molar-refractivity contribution in [2.24, 2.45) is 0 Å². The Kier molecular flexibility index (Phi) is 6.73. The minimum absolute atomic E-state index is 0.0257. The normalized spacial score (nSPS) is 20.1. The van der Waals surface area contributed by atoms with Gasteiger partial charge in [0.15, 0.2) is 9.84 Å². The molecule has 0 amide bonds. The molecule has 1 aromatic rings. The molecule has 0 N–H and O–H groups in total. The van der Waals surface area contributed by atoms with E-state index in [4.69, 9.17) is 0 Å². The van der Waals surface area contributed by atoms with E-state index in [1.165, 1.54) is 28.6 Å². The third-order valence-electron chi connectivity index (χ3n) is 4.75. The van der Waals surface area contributed by atoms with Gasteiger partial charge in [0.1, 0.15) is 0 Å². The molecule has 0 aromatic heterocycles. The van der Waals surface area contributed by atoms with Crippen molar-refractivity contribution in [3.8, 4) is 0 Å². The Labute approximate surface area is 162 Å². The van der Waals surface area contributed by atoms with Crippen molar-refractivity contribution in [2.75, 3.05) is 32.4 Å². The van der Waals surface area contributed by atoms with Crippen molar-refractivity contribution in [1.82, 2.24) is 8.61 Å². The summed E-state index contributed by atoms with van der Waals surface area (Å²) >= 11 is 0. The van der Waals surface area contributed by atoms with Crippen LogP contribution in [-0.2, 0) is 29.9 Å². The van der Waals surface area contributed by atoms with E-state index in [0.29, 0.717) is 25.9 Å². The molecule has 27 heavy (non-hydrogen) atoms. The Morgan fingerprint density at radius 3 is 1.96 bits per heavy atom. The fourth-order valence-electron chi connectivity index (χ4n) is 3.12. The van der Waals surface area contributed by atoms with Gasteiger partial charge in [0.05, 0.1) is 15.0 Å². The van der Waals surface area contributed by atoms with Crippen LogP contribution >= 0.6 is 0 Å². The molecule has 1 atom stereocenters. The fourth-order valence-corrected chi connectivity index (χ4v) is 7.24. The second kappa shape index (κ2) is 8.16. The first kappa shape index (κ1) is 22.3. The second-order valence-corrected chi connectivity index (χ2v) is 12.7. The molecule has 154 valence electrons. The average Bonchev–Trinajstić information content (AvgIpc) is 2.62. The van der Waals surface area contributed by atoms with Crippen LogP contribution in [0.2, 0.25) is 0 Å². The summed E-state index contributed by atoms with van der Waals surface area (Å²) < 4.78 is 76.7. The average molecular weight is 439 g/mol. The molecule has 1 unspecified atom stereocenters. The molecule has 1 heterocycles. The number of sulfonamides is 2.